The fraction of sp³-hybridized carbons (Fsp3) is 0.320. The summed E-state index contributed by atoms with van der Waals surface area (Å²) in [5, 5.41) is 16.6. The molecule has 3 heterocycles. The van der Waals surface area contributed by atoms with E-state index in [1.54, 1.807) is 6.07 Å². The van der Waals surface area contributed by atoms with Crippen LogP contribution in [0.3, 0.4) is 0 Å². The molecule has 0 aliphatic carbocycles. The number of anilines is 1. The Bertz CT molecular complexity index is 1350. The van der Waals surface area contributed by atoms with Gasteiger partial charge in [-0.15, -0.1) is 0 Å². The zero-order chi connectivity index (χ0) is 26.8. The number of carbonyl (C=O) groups is 3. The van der Waals surface area contributed by atoms with Gasteiger partial charge in [-0.05, 0) is 30.7 Å². The van der Waals surface area contributed by atoms with E-state index in [2.05, 4.69) is 10.6 Å². The van der Waals surface area contributed by atoms with E-state index in [-0.39, 0.29) is 24.4 Å². The second-order valence-corrected chi connectivity index (χ2v) is 8.86. The van der Waals surface area contributed by atoms with E-state index in [0.29, 0.717) is 4.90 Å². The number of aliphatic hydroxyl groups is 1. The molecule has 1 fully saturated rings. The highest BCUT2D eigenvalue weighted by Crippen LogP contribution is 2.60. The Morgan fingerprint density at radius 2 is 1.89 bits per heavy atom. The van der Waals surface area contributed by atoms with Crippen molar-refractivity contribution in [2.24, 2.45) is 5.92 Å². The first-order valence-electron chi connectivity index (χ1n) is 11.4. The molecule has 2 aromatic rings. The van der Waals surface area contributed by atoms with Gasteiger partial charge in [0.1, 0.15) is 23.0 Å². The number of ketones is 1. The third-order valence-corrected chi connectivity index (χ3v) is 6.99. The maximum atomic E-state index is 14.8. The molecule has 194 valence electrons. The molecule has 0 radical (unpaired) electrons. The summed E-state index contributed by atoms with van der Waals surface area (Å²) in [5.41, 5.74) is -7.77. The molecular formula is C25H21F4N3O5. The second kappa shape index (κ2) is 8.30. The average molecular weight is 519 g/mol. The van der Waals surface area contributed by atoms with Crippen LogP contribution in [-0.2, 0) is 19.7 Å². The molecule has 1 amide bonds. The quantitative estimate of drug-likeness (QED) is 0.324. The molecule has 8 nitrogen and oxygen atoms in total. The Balaban J connectivity index is 1.96. The van der Waals surface area contributed by atoms with Crippen molar-refractivity contribution in [2.45, 2.75) is 24.2 Å². The van der Waals surface area contributed by atoms with Crippen molar-refractivity contribution in [3.05, 3.63) is 76.9 Å². The minimum Gasteiger partial charge on any atom is -0.466 e. The van der Waals surface area contributed by atoms with Crippen LogP contribution >= 0.6 is 0 Å². The van der Waals surface area contributed by atoms with Crippen molar-refractivity contribution >= 4 is 23.3 Å². The summed E-state index contributed by atoms with van der Waals surface area (Å²) < 4.78 is 64.1. The van der Waals surface area contributed by atoms with Gasteiger partial charge in [-0.25, -0.2) is 4.39 Å². The van der Waals surface area contributed by atoms with Gasteiger partial charge in [0.05, 0.1) is 12.2 Å². The second-order valence-electron chi connectivity index (χ2n) is 8.86. The molecule has 0 saturated carbocycles. The highest BCUT2D eigenvalue weighted by molar-refractivity contribution is 6.22. The zero-order valence-corrected chi connectivity index (χ0v) is 19.4. The number of esters is 1. The van der Waals surface area contributed by atoms with E-state index >= 15 is 0 Å². The van der Waals surface area contributed by atoms with Gasteiger partial charge >= 0.3 is 12.1 Å². The maximum absolute atomic E-state index is 14.8. The first-order chi connectivity index (χ1) is 17.5. The standard InChI is InChI=1S/C25H21F4N3O5/c1-2-37-21(34)19-23(15-12-14(26)8-9-16(15)31-22(23)35)17(18(33)13-6-4-3-5-7-13)20-30-10-11-32(20)24(19,36)25(27,28)29/h3-9,12,19,30,36H,2,10-11H2,1H3,(H,31,35)/t19-,23-,24+/m0/s1. The van der Waals surface area contributed by atoms with Crippen LogP contribution in [0.5, 0.6) is 0 Å². The molecule has 3 N–H and O–H groups in total. The lowest BCUT2D eigenvalue weighted by atomic mass is 9.58. The lowest BCUT2D eigenvalue weighted by Crippen LogP contribution is -2.73. The molecule has 2 aromatic carbocycles. The molecule has 3 aliphatic heterocycles. The van der Waals surface area contributed by atoms with E-state index < -0.39 is 70.2 Å². The minimum absolute atomic E-state index is 0.00994. The van der Waals surface area contributed by atoms with Gasteiger partial charge in [-0.2, -0.15) is 13.2 Å². The third kappa shape index (κ3) is 3.21. The summed E-state index contributed by atoms with van der Waals surface area (Å²) >= 11 is 0. The van der Waals surface area contributed by atoms with Crippen molar-refractivity contribution in [1.82, 2.24) is 10.2 Å². The van der Waals surface area contributed by atoms with Crippen LogP contribution in [-0.4, -0.2) is 59.3 Å². The number of amides is 1. The van der Waals surface area contributed by atoms with Gasteiger partial charge in [0, 0.05) is 24.3 Å². The van der Waals surface area contributed by atoms with Gasteiger partial charge in [0.25, 0.3) is 5.72 Å². The Kier molecular flexibility index (Phi) is 5.55. The highest BCUT2D eigenvalue weighted by Gasteiger charge is 2.78. The first kappa shape index (κ1) is 24.8. The van der Waals surface area contributed by atoms with Crippen LogP contribution in [0.15, 0.2) is 59.9 Å². The van der Waals surface area contributed by atoms with Crippen LogP contribution in [0.2, 0.25) is 0 Å². The normalized spacial score (nSPS) is 26.5. The SMILES string of the molecule is CCOC(=O)[C@H]1[C@@]2(C(=O)Nc3ccc(F)cc32)C(C(=O)c2ccccc2)=C2NCCN2[C@]1(O)C(F)(F)F. The summed E-state index contributed by atoms with van der Waals surface area (Å²) in [6.07, 6.45) is -5.51. The van der Waals surface area contributed by atoms with Gasteiger partial charge in [-0.1, -0.05) is 30.3 Å². The molecule has 1 spiro atoms. The molecule has 1 saturated heterocycles. The number of rotatable bonds is 4. The fourth-order valence-corrected chi connectivity index (χ4v) is 5.58. The highest BCUT2D eigenvalue weighted by atomic mass is 19.4. The van der Waals surface area contributed by atoms with E-state index in [1.165, 1.54) is 31.2 Å². The number of ether oxygens (including phenoxy) is 1. The van der Waals surface area contributed by atoms with Crippen molar-refractivity contribution in [1.29, 1.82) is 0 Å². The summed E-state index contributed by atoms with van der Waals surface area (Å²) in [4.78, 5) is 41.7. The predicted octanol–water partition coefficient (Wildman–Crippen LogP) is 2.46. The van der Waals surface area contributed by atoms with E-state index in [0.717, 1.165) is 18.2 Å². The molecular weight excluding hydrogens is 498 g/mol. The monoisotopic (exact) mass is 519 g/mol. The summed E-state index contributed by atoms with van der Waals surface area (Å²) in [7, 11) is 0. The van der Waals surface area contributed by atoms with Crippen molar-refractivity contribution < 1.29 is 41.8 Å². The Labute approximate surface area is 207 Å². The summed E-state index contributed by atoms with van der Waals surface area (Å²) in [5.74, 6) is -7.75. The number of hydrogen-bond donors (Lipinski definition) is 3. The molecule has 3 atom stereocenters. The van der Waals surface area contributed by atoms with Gasteiger partial charge in [0.15, 0.2) is 5.78 Å². The van der Waals surface area contributed by atoms with Crippen LogP contribution in [0.1, 0.15) is 22.8 Å². The number of carbonyl (C=O) groups excluding carboxylic acids is 3. The van der Waals surface area contributed by atoms with E-state index in [1.807, 2.05) is 0 Å². The molecule has 0 aromatic heterocycles. The fourth-order valence-electron chi connectivity index (χ4n) is 5.58. The number of benzene rings is 2. The van der Waals surface area contributed by atoms with Gasteiger partial charge in [-0.3, -0.25) is 14.4 Å². The summed E-state index contributed by atoms with van der Waals surface area (Å²) in [6, 6.07) is 10.3. The molecule has 0 bridgehead atoms. The van der Waals surface area contributed by atoms with Crippen LogP contribution < -0.4 is 10.6 Å². The minimum atomic E-state index is -5.51. The average Bonchev–Trinajstić information content (AvgIpc) is 3.44. The molecule has 0 unspecified atom stereocenters. The zero-order valence-electron chi connectivity index (χ0n) is 19.4. The number of Topliss-reactive ketones (excluding diaryl/α,β-unsaturated/α-hetero) is 1. The van der Waals surface area contributed by atoms with Gasteiger partial charge in [0.2, 0.25) is 5.91 Å². The molecule has 3 aliphatic rings. The van der Waals surface area contributed by atoms with Crippen molar-refractivity contribution in [3.8, 4) is 0 Å². The topological polar surface area (TPSA) is 108 Å². The number of alkyl halides is 3. The van der Waals surface area contributed by atoms with Crippen LogP contribution in [0, 0.1) is 11.7 Å². The Morgan fingerprint density at radius 1 is 1.19 bits per heavy atom. The van der Waals surface area contributed by atoms with E-state index in [4.69, 9.17) is 4.74 Å². The van der Waals surface area contributed by atoms with E-state index in [9.17, 15) is 37.1 Å². The number of hydrogen-bond acceptors (Lipinski definition) is 7. The molecule has 37 heavy (non-hydrogen) atoms. The molecule has 5 rings (SSSR count). The number of nitrogens with one attached hydrogen (secondary N) is 2. The van der Waals surface area contributed by atoms with Crippen LogP contribution in [0.25, 0.3) is 0 Å². The number of nitrogens with zero attached hydrogens (tertiary/aromatic N) is 1. The van der Waals surface area contributed by atoms with Crippen LogP contribution in [0.4, 0.5) is 23.2 Å². The van der Waals surface area contributed by atoms with Crippen molar-refractivity contribution in [3.63, 3.8) is 0 Å². The maximum Gasteiger partial charge on any atom is 0.437 e. The van der Waals surface area contributed by atoms with Gasteiger partial charge < -0.3 is 25.4 Å². The first-order valence-corrected chi connectivity index (χ1v) is 11.4. The largest absolute Gasteiger partial charge is 0.466 e. The summed E-state index contributed by atoms with van der Waals surface area (Å²) in [6.45, 7) is 0.383. The molecule has 12 heteroatoms. The Morgan fingerprint density at radius 3 is 2.54 bits per heavy atom. The predicted molar refractivity (Wildman–Crippen MR) is 120 cm³/mol. The lowest BCUT2D eigenvalue weighted by molar-refractivity contribution is -0.334. The third-order valence-electron chi connectivity index (χ3n) is 6.99. The Hall–Kier alpha value is -3.93. The number of fused-ring (bicyclic) bond motifs is 3. The van der Waals surface area contributed by atoms with Crippen molar-refractivity contribution in [2.75, 3.05) is 25.0 Å². The number of halogens is 4. The smallest absolute Gasteiger partial charge is 0.437 e. The lowest BCUT2D eigenvalue weighted by Gasteiger charge is -2.53.